The summed E-state index contributed by atoms with van der Waals surface area (Å²) in [5.74, 6) is -0.414. The third-order valence-electron chi connectivity index (χ3n) is 3.00. The summed E-state index contributed by atoms with van der Waals surface area (Å²) in [6, 6.07) is 0. The molecule has 0 radical (unpaired) electrons. The summed E-state index contributed by atoms with van der Waals surface area (Å²) in [5.41, 5.74) is 1.12. The van der Waals surface area contributed by atoms with Crippen LogP contribution >= 0.6 is 23.1 Å². The zero-order valence-electron chi connectivity index (χ0n) is 12.1. The second-order valence-electron chi connectivity index (χ2n) is 4.38. The maximum atomic E-state index is 11.9. The quantitative estimate of drug-likeness (QED) is 0.690. The van der Waals surface area contributed by atoms with Gasteiger partial charge in [0.1, 0.15) is 16.2 Å². The first-order valence-corrected chi connectivity index (χ1v) is 7.89. The number of thioether (sulfide) groups is 1. The van der Waals surface area contributed by atoms with Gasteiger partial charge in [-0.15, -0.1) is 11.3 Å². The fourth-order valence-electron chi connectivity index (χ4n) is 1.71. The van der Waals surface area contributed by atoms with Crippen LogP contribution in [0.15, 0.2) is 11.4 Å². The summed E-state index contributed by atoms with van der Waals surface area (Å²) in [6.07, 6.45) is 0.730. The Balaban J connectivity index is 2.23. The minimum atomic E-state index is -0.761. The smallest absolute Gasteiger partial charge is 0.413 e. The number of ether oxygens (including phenoxy) is 1. The number of aryl methyl sites for hydroxylation is 2. The number of hydrogen-bond donors (Lipinski definition) is 1. The number of carbonyl (C=O) groups is 2. The predicted octanol–water partition coefficient (Wildman–Crippen LogP) is 2.67. The number of carbonyl (C=O) groups excluding carboxylic acids is 2. The lowest BCUT2D eigenvalue weighted by atomic mass is 10.2. The number of hydrogen-bond acceptors (Lipinski definition) is 7. The molecule has 2 rings (SSSR count). The molecule has 2 aromatic rings. The Morgan fingerprint density at radius 2 is 2.10 bits per heavy atom. The first-order chi connectivity index (χ1) is 9.93. The summed E-state index contributed by atoms with van der Waals surface area (Å²) in [7, 11) is 1.21. The van der Waals surface area contributed by atoms with Gasteiger partial charge in [-0.2, -0.15) is 0 Å². The average molecular weight is 325 g/mol. The van der Waals surface area contributed by atoms with Crippen molar-refractivity contribution >= 4 is 45.3 Å². The number of fused-ring (bicyclic) bond motifs is 1. The van der Waals surface area contributed by atoms with Crippen molar-refractivity contribution in [3.8, 4) is 0 Å². The number of rotatable bonds is 3. The van der Waals surface area contributed by atoms with Crippen molar-refractivity contribution < 1.29 is 14.3 Å². The molecule has 6 nitrogen and oxygen atoms in total. The third kappa shape index (κ3) is 3.33. The van der Waals surface area contributed by atoms with Crippen LogP contribution in [-0.2, 0) is 9.53 Å². The lowest BCUT2D eigenvalue weighted by Gasteiger charge is -2.10. The van der Waals surface area contributed by atoms with E-state index in [1.54, 1.807) is 18.3 Å². The lowest BCUT2D eigenvalue weighted by Crippen LogP contribution is -2.35. The van der Waals surface area contributed by atoms with E-state index in [1.165, 1.54) is 30.1 Å². The molecular weight excluding hydrogens is 310 g/mol. The van der Waals surface area contributed by atoms with Crippen LogP contribution in [0, 0.1) is 13.8 Å². The summed E-state index contributed by atoms with van der Waals surface area (Å²) >= 11 is 2.90. The predicted molar refractivity (Wildman–Crippen MR) is 82.8 cm³/mol. The zero-order chi connectivity index (χ0) is 15.6. The highest BCUT2D eigenvalue weighted by Gasteiger charge is 2.20. The summed E-state index contributed by atoms with van der Waals surface area (Å²) in [4.78, 5) is 33.5. The molecule has 0 fully saturated rings. The van der Waals surface area contributed by atoms with E-state index in [1.807, 2.05) is 13.8 Å². The van der Waals surface area contributed by atoms with Gasteiger partial charge in [0.25, 0.3) is 0 Å². The summed E-state index contributed by atoms with van der Waals surface area (Å²) < 4.78 is 4.41. The molecular formula is C13H15N3O3S2. The SMILES string of the molecule is COC(=O)NC(=O)[C@@H](C)Sc1ncnc2sc(C)c(C)c12. The first kappa shape index (κ1) is 15.7. The summed E-state index contributed by atoms with van der Waals surface area (Å²) in [6.45, 7) is 5.76. The van der Waals surface area contributed by atoms with E-state index in [0.29, 0.717) is 0 Å². The van der Waals surface area contributed by atoms with Crippen molar-refractivity contribution in [3.05, 3.63) is 16.8 Å². The molecule has 21 heavy (non-hydrogen) atoms. The largest absolute Gasteiger partial charge is 0.453 e. The Bertz CT molecular complexity index is 699. The molecule has 0 bridgehead atoms. The number of thiophene rings is 1. The van der Waals surface area contributed by atoms with Crippen LogP contribution in [0.2, 0.25) is 0 Å². The van der Waals surface area contributed by atoms with Crippen molar-refractivity contribution in [2.45, 2.75) is 31.0 Å². The fraction of sp³-hybridized carbons (Fsp3) is 0.385. The molecule has 2 aromatic heterocycles. The standard InChI is InChI=1S/C13H15N3O3S2/c1-6-7(2)20-11-9(6)12(15-5-14-11)21-8(3)10(17)16-13(18)19-4/h5,8H,1-4H3,(H,16,17,18)/t8-/m1/s1. The van der Waals surface area contributed by atoms with Crippen molar-refractivity contribution in [2.75, 3.05) is 7.11 Å². The normalized spacial score (nSPS) is 12.2. The van der Waals surface area contributed by atoms with Gasteiger partial charge in [-0.25, -0.2) is 14.8 Å². The Morgan fingerprint density at radius 1 is 1.38 bits per heavy atom. The third-order valence-corrected chi connectivity index (χ3v) is 5.21. The van der Waals surface area contributed by atoms with Crippen LogP contribution in [0.3, 0.4) is 0 Å². The number of amides is 2. The molecule has 0 aliphatic heterocycles. The molecule has 0 aliphatic carbocycles. The van der Waals surface area contributed by atoms with E-state index < -0.39 is 17.3 Å². The van der Waals surface area contributed by atoms with Crippen LogP contribution in [0.5, 0.6) is 0 Å². The highest BCUT2D eigenvalue weighted by Crippen LogP contribution is 2.35. The van der Waals surface area contributed by atoms with Crippen molar-refractivity contribution in [2.24, 2.45) is 0 Å². The maximum Gasteiger partial charge on any atom is 0.413 e. The van der Waals surface area contributed by atoms with Gasteiger partial charge >= 0.3 is 6.09 Å². The molecule has 0 aliphatic rings. The highest BCUT2D eigenvalue weighted by atomic mass is 32.2. The second kappa shape index (κ2) is 6.40. The van der Waals surface area contributed by atoms with Crippen molar-refractivity contribution in [1.29, 1.82) is 0 Å². The van der Waals surface area contributed by atoms with Crippen LogP contribution in [0.4, 0.5) is 4.79 Å². The maximum absolute atomic E-state index is 11.9. The Labute approximate surface area is 130 Å². The van der Waals surface area contributed by atoms with Gasteiger partial charge in [0.05, 0.1) is 12.4 Å². The monoisotopic (exact) mass is 325 g/mol. The number of imide groups is 1. The molecule has 0 unspecified atom stereocenters. The molecule has 8 heteroatoms. The first-order valence-electron chi connectivity index (χ1n) is 6.20. The Hall–Kier alpha value is -1.67. The minimum Gasteiger partial charge on any atom is -0.453 e. The molecule has 0 aromatic carbocycles. The second-order valence-corrected chi connectivity index (χ2v) is 6.92. The molecule has 112 valence electrons. The van der Waals surface area contributed by atoms with Gasteiger partial charge in [0.2, 0.25) is 5.91 Å². The molecule has 1 atom stereocenters. The van der Waals surface area contributed by atoms with Gasteiger partial charge in [0.15, 0.2) is 0 Å². The molecule has 2 amide bonds. The van der Waals surface area contributed by atoms with E-state index in [0.717, 1.165) is 20.8 Å². The Kier molecular flexibility index (Phi) is 4.79. The van der Waals surface area contributed by atoms with Gasteiger partial charge in [-0.3, -0.25) is 10.1 Å². The van der Waals surface area contributed by atoms with Crippen molar-refractivity contribution in [1.82, 2.24) is 15.3 Å². The van der Waals surface area contributed by atoms with Gasteiger partial charge in [-0.1, -0.05) is 11.8 Å². The van der Waals surface area contributed by atoms with Gasteiger partial charge in [-0.05, 0) is 26.3 Å². The van der Waals surface area contributed by atoms with Gasteiger partial charge < -0.3 is 4.74 Å². The molecule has 0 saturated heterocycles. The fourth-order valence-corrected chi connectivity index (χ4v) is 3.75. The van der Waals surface area contributed by atoms with E-state index in [9.17, 15) is 9.59 Å². The Morgan fingerprint density at radius 3 is 2.76 bits per heavy atom. The van der Waals surface area contributed by atoms with E-state index in [-0.39, 0.29) is 0 Å². The zero-order valence-corrected chi connectivity index (χ0v) is 13.7. The average Bonchev–Trinajstić information content (AvgIpc) is 2.74. The van der Waals surface area contributed by atoms with Crippen LogP contribution < -0.4 is 5.32 Å². The van der Waals surface area contributed by atoms with E-state index in [4.69, 9.17) is 0 Å². The molecule has 2 heterocycles. The molecule has 1 N–H and O–H groups in total. The number of aromatic nitrogens is 2. The number of alkyl carbamates (subject to hydrolysis) is 1. The van der Waals surface area contributed by atoms with E-state index in [2.05, 4.69) is 20.0 Å². The molecule has 0 spiro atoms. The van der Waals surface area contributed by atoms with Crippen LogP contribution in [0.1, 0.15) is 17.4 Å². The lowest BCUT2D eigenvalue weighted by molar-refractivity contribution is -0.119. The van der Waals surface area contributed by atoms with E-state index >= 15 is 0 Å². The number of methoxy groups -OCH3 is 1. The van der Waals surface area contributed by atoms with Crippen LogP contribution in [-0.4, -0.2) is 34.3 Å². The number of nitrogens with one attached hydrogen (secondary N) is 1. The van der Waals surface area contributed by atoms with Crippen LogP contribution in [0.25, 0.3) is 10.2 Å². The highest BCUT2D eigenvalue weighted by molar-refractivity contribution is 8.00. The van der Waals surface area contributed by atoms with Gasteiger partial charge in [0, 0.05) is 10.3 Å². The van der Waals surface area contributed by atoms with Crippen molar-refractivity contribution in [3.63, 3.8) is 0 Å². The number of nitrogens with zero attached hydrogens (tertiary/aromatic N) is 2. The topological polar surface area (TPSA) is 81.2 Å². The summed E-state index contributed by atoms with van der Waals surface area (Å²) in [5, 5.41) is 3.40. The molecule has 0 saturated carbocycles. The minimum absolute atomic E-state index is 0.414.